The fourth-order valence-corrected chi connectivity index (χ4v) is 2.24. The van der Waals surface area contributed by atoms with Crippen LogP contribution in [-0.2, 0) is 6.54 Å². The number of amides is 1. The van der Waals surface area contributed by atoms with E-state index >= 15 is 0 Å². The SMILES string of the molecule is CN(Cc1ccc(F)cc1)C(=O)c1cccs1. The van der Waals surface area contributed by atoms with Crippen LogP contribution in [0.5, 0.6) is 0 Å². The summed E-state index contributed by atoms with van der Waals surface area (Å²) in [6.45, 7) is 0.483. The second kappa shape index (κ2) is 5.10. The molecule has 88 valence electrons. The lowest BCUT2D eigenvalue weighted by Gasteiger charge is -2.16. The van der Waals surface area contributed by atoms with Crippen molar-refractivity contribution in [1.82, 2.24) is 4.90 Å². The van der Waals surface area contributed by atoms with Crippen molar-refractivity contribution in [2.75, 3.05) is 7.05 Å². The van der Waals surface area contributed by atoms with Gasteiger partial charge in [-0.15, -0.1) is 11.3 Å². The predicted octanol–water partition coefficient (Wildman–Crippen LogP) is 3.16. The van der Waals surface area contributed by atoms with Gasteiger partial charge in [0.2, 0.25) is 0 Å². The van der Waals surface area contributed by atoms with E-state index in [4.69, 9.17) is 0 Å². The maximum atomic E-state index is 12.7. The number of thiophene rings is 1. The molecule has 1 aromatic heterocycles. The van der Waals surface area contributed by atoms with Crippen LogP contribution in [0, 0.1) is 5.82 Å². The molecule has 4 heteroatoms. The van der Waals surface area contributed by atoms with Gasteiger partial charge in [0, 0.05) is 13.6 Å². The van der Waals surface area contributed by atoms with Gasteiger partial charge in [-0.25, -0.2) is 4.39 Å². The van der Waals surface area contributed by atoms with E-state index in [0.29, 0.717) is 6.54 Å². The molecule has 0 fully saturated rings. The minimum Gasteiger partial charge on any atom is -0.337 e. The molecule has 2 aromatic rings. The summed E-state index contributed by atoms with van der Waals surface area (Å²) in [5, 5.41) is 1.87. The summed E-state index contributed by atoms with van der Waals surface area (Å²) in [4.78, 5) is 14.3. The minimum atomic E-state index is -0.263. The van der Waals surface area contributed by atoms with Crippen molar-refractivity contribution < 1.29 is 9.18 Å². The molecule has 1 amide bonds. The largest absolute Gasteiger partial charge is 0.337 e. The Morgan fingerprint density at radius 2 is 2.00 bits per heavy atom. The first-order valence-corrected chi connectivity index (χ1v) is 6.08. The van der Waals surface area contributed by atoms with E-state index in [9.17, 15) is 9.18 Å². The Morgan fingerprint density at radius 3 is 2.59 bits per heavy atom. The van der Waals surface area contributed by atoms with Gasteiger partial charge in [-0.3, -0.25) is 4.79 Å². The molecule has 0 spiro atoms. The highest BCUT2D eigenvalue weighted by molar-refractivity contribution is 7.12. The van der Waals surface area contributed by atoms with Gasteiger partial charge in [0.25, 0.3) is 5.91 Å². The molecule has 0 aliphatic heterocycles. The van der Waals surface area contributed by atoms with Crippen molar-refractivity contribution in [3.8, 4) is 0 Å². The van der Waals surface area contributed by atoms with Gasteiger partial charge < -0.3 is 4.90 Å². The number of benzene rings is 1. The summed E-state index contributed by atoms with van der Waals surface area (Å²) < 4.78 is 12.7. The van der Waals surface area contributed by atoms with Crippen molar-refractivity contribution in [2.45, 2.75) is 6.54 Å². The van der Waals surface area contributed by atoms with Gasteiger partial charge in [0.1, 0.15) is 5.82 Å². The van der Waals surface area contributed by atoms with E-state index in [1.807, 2.05) is 11.4 Å². The van der Waals surface area contributed by atoms with Crippen molar-refractivity contribution in [2.24, 2.45) is 0 Å². The first kappa shape index (κ1) is 11.8. The van der Waals surface area contributed by atoms with Crippen molar-refractivity contribution >= 4 is 17.2 Å². The number of nitrogens with zero attached hydrogens (tertiary/aromatic N) is 1. The molecule has 0 saturated carbocycles. The number of rotatable bonds is 3. The van der Waals surface area contributed by atoms with Crippen molar-refractivity contribution in [3.05, 3.63) is 58.0 Å². The van der Waals surface area contributed by atoms with Gasteiger partial charge >= 0.3 is 0 Å². The molecule has 17 heavy (non-hydrogen) atoms. The predicted molar refractivity (Wildman–Crippen MR) is 66.5 cm³/mol. The number of carbonyl (C=O) groups is 1. The van der Waals surface area contributed by atoms with Crippen LogP contribution in [0.2, 0.25) is 0 Å². The van der Waals surface area contributed by atoms with E-state index < -0.39 is 0 Å². The highest BCUT2D eigenvalue weighted by atomic mass is 32.1. The zero-order chi connectivity index (χ0) is 12.3. The fraction of sp³-hybridized carbons (Fsp3) is 0.154. The molecule has 0 N–H and O–H groups in total. The summed E-state index contributed by atoms with van der Waals surface area (Å²) in [5.41, 5.74) is 0.916. The normalized spacial score (nSPS) is 10.2. The first-order valence-electron chi connectivity index (χ1n) is 5.20. The standard InChI is InChI=1S/C13H12FNOS/c1-15(13(16)12-3-2-8-17-12)9-10-4-6-11(14)7-5-10/h2-8H,9H2,1H3. The third kappa shape index (κ3) is 2.91. The summed E-state index contributed by atoms with van der Waals surface area (Å²) in [6, 6.07) is 9.83. The summed E-state index contributed by atoms with van der Waals surface area (Å²) >= 11 is 1.42. The molecule has 0 radical (unpaired) electrons. The van der Waals surface area contributed by atoms with Crippen LogP contribution in [0.1, 0.15) is 15.2 Å². The second-order valence-corrected chi connectivity index (χ2v) is 4.71. The molecule has 0 aliphatic rings. The molecule has 1 aromatic carbocycles. The summed E-state index contributed by atoms with van der Waals surface area (Å²) in [7, 11) is 1.74. The van der Waals surface area contributed by atoms with Crippen LogP contribution in [0.3, 0.4) is 0 Å². The van der Waals surface area contributed by atoms with E-state index in [2.05, 4.69) is 0 Å². The van der Waals surface area contributed by atoms with Gasteiger partial charge in [-0.1, -0.05) is 18.2 Å². The quantitative estimate of drug-likeness (QED) is 0.818. The lowest BCUT2D eigenvalue weighted by molar-refractivity contribution is 0.0790. The molecule has 0 saturated heterocycles. The van der Waals surface area contributed by atoms with E-state index in [1.165, 1.54) is 23.5 Å². The van der Waals surface area contributed by atoms with E-state index in [-0.39, 0.29) is 11.7 Å². The fourth-order valence-electron chi connectivity index (χ4n) is 1.52. The van der Waals surface area contributed by atoms with Crippen LogP contribution in [0.15, 0.2) is 41.8 Å². The Hall–Kier alpha value is -1.68. The number of hydrogen-bond donors (Lipinski definition) is 0. The van der Waals surface area contributed by atoms with Crippen LogP contribution in [0.25, 0.3) is 0 Å². The zero-order valence-electron chi connectivity index (χ0n) is 9.39. The lowest BCUT2D eigenvalue weighted by atomic mass is 10.2. The third-order valence-electron chi connectivity index (χ3n) is 2.41. The Labute approximate surface area is 103 Å². The van der Waals surface area contributed by atoms with Crippen LogP contribution in [0.4, 0.5) is 4.39 Å². The molecular weight excluding hydrogens is 237 g/mol. The lowest BCUT2D eigenvalue weighted by Crippen LogP contribution is -2.25. The second-order valence-electron chi connectivity index (χ2n) is 3.76. The van der Waals surface area contributed by atoms with E-state index in [0.717, 1.165) is 10.4 Å². The molecule has 0 atom stereocenters. The first-order chi connectivity index (χ1) is 8.16. The van der Waals surface area contributed by atoms with Crippen LogP contribution in [-0.4, -0.2) is 17.9 Å². The highest BCUT2D eigenvalue weighted by Gasteiger charge is 2.12. The summed E-state index contributed by atoms with van der Waals surface area (Å²) in [5.74, 6) is -0.273. The Balaban J connectivity index is 2.04. The maximum Gasteiger partial charge on any atom is 0.263 e. The summed E-state index contributed by atoms with van der Waals surface area (Å²) in [6.07, 6.45) is 0. The molecule has 2 nitrogen and oxygen atoms in total. The zero-order valence-corrected chi connectivity index (χ0v) is 10.2. The van der Waals surface area contributed by atoms with Crippen molar-refractivity contribution in [3.63, 3.8) is 0 Å². The maximum absolute atomic E-state index is 12.7. The van der Waals surface area contributed by atoms with Gasteiger partial charge in [-0.05, 0) is 29.1 Å². The van der Waals surface area contributed by atoms with Crippen LogP contribution >= 0.6 is 11.3 Å². The number of hydrogen-bond acceptors (Lipinski definition) is 2. The van der Waals surface area contributed by atoms with Crippen molar-refractivity contribution in [1.29, 1.82) is 0 Å². The average Bonchev–Trinajstić information content (AvgIpc) is 2.84. The van der Waals surface area contributed by atoms with E-state index in [1.54, 1.807) is 30.1 Å². The topological polar surface area (TPSA) is 20.3 Å². The Morgan fingerprint density at radius 1 is 1.29 bits per heavy atom. The molecule has 1 heterocycles. The Kier molecular flexibility index (Phi) is 3.54. The number of halogens is 1. The highest BCUT2D eigenvalue weighted by Crippen LogP contribution is 2.13. The Bertz CT molecular complexity index is 493. The minimum absolute atomic E-state index is 0.00988. The van der Waals surface area contributed by atoms with Gasteiger partial charge in [0.15, 0.2) is 0 Å². The molecule has 0 unspecified atom stereocenters. The third-order valence-corrected chi connectivity index (χ3v) is 3.27. The van der Waals surface area contributed by atoms with Crippen LogP contribution < -0.4 is 0 Å². The molecule has 0 aliphatic carbocycles. The molecular formula is C13H12FNOS. The molecule has 0 bridgehead atoms. The molecule has 2 rings (SSSR count). The van der Waals surface area contributed by atoms with Gasteiger partial charge in [-0.2, -0.15) is 0 Å². The monoisotopic (exact) mass is 249 g/mol. The van der Waals surface area contributed by atoms with Gasteiger partial charge in [0.05, 0.1) is 4.88 Å². The average molecular weight is 249 g/mol. The number of carbonyl (C=O) groups excluding carboxylic acids is 1. The smallest absolute Gasteiger partial charge is 0.263 e.